The van der Waals surface area contributed by atoms with Crippen LogP contribution in [0.5, 0.6) is 0 Å². The highest BCUT2D eigenvalue weighted by molar-refractivity contribution is 7.18. The Labute approximate surface area is 120 Å². The van der Waals surface area contributed by atoms with Crippen LogP contribution >= 0.6 is 11.3 Å². The van der Waals surface area contributed by atoms with E-state index >= 15 is 0 Å². The number of hydrogen-bond donors (Lipinski definition) is 3. The highest BCUT2D eigenvalue weighted by Gasteiger charge is 2.24. The van der Waals surface area contributed by atoms with Crippen molar-refractivity contribution in [1.29, 1.82) is 0 Å². The zero-order chi connectivity index (χ0) is 14.9. The summed E-state index contributed by atoms with van der Waals surface area (Å²) in [6, 6.07) is 0.861. The van der Waals surface area contributed by atoms with E-state index in [-0.39, 0.29) is 0 Å². The zero-order valence-corrected chi connectivity index (χ0v) is 12.4. The molecular formula is C13H17N3O3S. The number of carboxylic acid groups (broad SMARTS) is 1. The van der Waals surface area contributed by atoms with Gasteiger partial charge in [-0.1, -0.05) is 6.92 Å². The fourth-order valence-electron chi connectivity index (χ4n) is 1.90. The molecule has 2 atom stereocenters. The first kappa shape index (κ1) is 14.7. The average molecular weight is 295 g/mol. The van der Waals surface area contributed by atoms with Gasteiger partial charge in [0.2, 0.25) is 0 Å². The van der Waals surface area contributed by atoms with Gasteiger partial charge in [0.25, 0.3) is 0 Å². The minimum Gasteiger partial charge on any atom is -0.480 e. The maximum Gasteiger partial charge on any atom is 0.328 e. The lowest BCUT2D eigenvalue weighted by molar-refractivity contribution is -0.140. The van der Waals surface area contributed by atoms with Crippen LogP contribution in [0.15, 0.2) is 6.07 Å². The van der Waals surface area contributed by atoms with Gasteiger partial charge in [0, 0.05) is 4.88 Å². The average Bonchev–Trinajstić information content (AvgIpc) is 2.77. The van der Waals surface area contributed by atoms with Crippen molar-refractivity contribution in [1.82, 2.24) is 9.97 Å². The molecule has 2 aromatic heterocycles. The number of thiophene rings is 1. The summed E-state index contributed by atoms with van der Waals surface area (Å²) in [5, 5.41) is 22.3. The van der Waals surface area contributed by atoms with Gasteiger partial charge in [-0.15, -0.1) is 11.3 Å². The number of carbonyl (C=O) groups is 1. The van der Waals surface area contributed by atoms with Crippen LogP contribution in [0.25, 0.3) is 10.2 Å². The topological polar surface area (TPSA) is 95.3 Å². The predicted molar refractivity (Wildman–Crippen MR) is 78.3 cm³/mol. The lowest BCUT2D eigenvalue weighted by Crippen LogP contribution is -2.39. The molecule has 0 unspecified atom stereocenters. The monoisotopic (exact) mass is 295 g/mol. The van der Waals surface area contributed by atoms with Crippen LogP contribution in [-0.2, 0) is 11.2 Å². The van der Waals surface area contributed by atoms with E-state index in [1.54, 1.807) is 18.3 Å². The molecule has 2 heterocycles. The Bertz CT molecular complexity index is 639. The van der Waals surface area contributed by atoms with Gasteiger partial charge >= 0.3 is 5.97 Å². The van der Waals surface area contributed by atoms with Crippen molar-refractivity contribution in [2.75, 3.05) is 5.32 Å². The van der Waals surface area contributed by atoms with Crippen molar-refractivity contribution in [2.45, 2.75) is 39.3 Å². The van der Waals surface area contributed by atoms with Crippen LogP contribution in [0.4, 0.5) is 5.82 Å². The summed E-state index contributed by atoms with van der Waals surface area (Å²) in [5.41, 5.74) is 0. The van der Waals surface area contributed by atoms with E-state index in [4.69, 9.17) is 5.11 Å². The molecule has 3 N–H and O–H groups in total. The molecule has 0 saturated carbocycles. The molecule has 20 heavy (non-hydrogen) atoms. The zero-order valence-electron chi connectivity index (χ0n) is 11.5. The van der Waals surface area contributed by atoms with Crippen LogP contribution in [0.3, 0.4) is 0 Å². The molecule has 0 fully saturated rings. The summed E-state index contributed by atoms with van der Waals surface area (Å²) in [4.78, 5) is 21.8. The highest BCUT2D eigenvalue weighted by atomic mass is 32.1. The number of nitrogens with zero attached hydrogens (tertiary/aromatic N) is 2. The van der Waals surface area contributed by atoms with E-state index in [1.807, 2.05) is 13.0 Å². The molecule has 0 saturated heterocycles. The van der Waals surface area contributed by atoms with E-state index in [0.29, 0.717) is 11.6 Å². The van der Waals surface area contributed by atoms with E-state index in [2.05, 4.69) is 15.3 Å². The van der Waals surface area contributed by atoms with Gasteiger partial charge in [0.1, 0.15) is 16.5 Å². The van der Waals surface area contributed by atoms with Gasteiger partial charge in [0.05, 0.1) is 11.5 Å². The van der Waals surface area contributed by atoms with E-state index < -0.39 is 18.1 Å². The number of aromatic nitrogens is 2. The molecule has 0 aliphatic carbocycles. The maximum absolute atomic E-state index is 11.2. The van der Waals surface area contributed by atoms with E-state index in [9.17, 15) is 9.90 Å². The lowest BCUT2D eigenvalue weighted by atomic mass is 10.2. The van der Waals surface area contributed by atoms with Crippen molar-refractivity contribution in [2.24, 2.45) is 0 Å². The molecule has 0 amide bonds. The second-order valence-electron chi connectivity index (χ2n) is 4.61. The number of carboxylic acids is 1. The summed E-state index contributed by atoms with van der Waals surface area (Å²) in [6.45, 7) is 5.24. The Hall–Kier alpha value is -1.73. The minimum absolute atomic E-state index is 0.455. The first-order valence-electron chi connectivity index (χ1n) is 6.36. The fraction of sp³-hybridized carbons (Fsp3) is 0.462. The number of aliphatic hydroxyl groups excluding tert-OH is 1. The van der Waals surface area contributed by atoms with Gasteiger partial charge in [-0.05, 0) is 26.3 Å². The van der Waals surface area contributed by atoms with Gasteiger partial charge in [-0.25, -0.2) is 14.8 Å². The number of aliphatic carboxylic acids is 1. The van der Waals surface area contributed by atoms with Gasteiger partial charge in [0.15, 0.2) is 6.04 Å². The smallest absolute Gasteiger partial charge is 0.328 e. The molecule has 2 aromatic rings. The standard InChI is InChI=1S/C13H17N3O3S/c1-4-8-5-9-11(14-7(3)15-12(9)20-8)16-10(6(2)17)13(18)19/h5-6,10,17H,4H2,1-3H3,(H,18,19)(H,14,15,16)/t6-,10-/m0/s1. The van der Waals surface area contributed by atoms with Crippen molar-refractivity contribution >= 4 is 33.3 Å². The number of anilines is 1. The first-order valence-corrected chi connectivity index (χ1v) is 7.18. The Morgan fingerprint density at radius 2 is 2.20 bits per heavy atom. The molecule has 0 aliphatic heterocycles. The Kier molecular flexibility index (Phi) is 4.20. The van der Waals surface area contributed by atoms with Crippen LogP contribution in [0.1, 0.15) is 24.5 Å². The summed E-state index contributed by atoms with van der Waals surface area (Å²) in [6.07, 6.45) is -0.139. The van der Waals surface area contributed by atoms with Crippen molar-refractivity contribution in [3.05, 3.63) is 16.8 Å². The number of hydrogen-bond acceptors (Lipinski definition) is 6. The number of fused-ring (bicyclic) bond motifs is 1. The fourth-order valence-corrected chi connectivity index (χ4v) is 2.91. The molecule has 7 heteroatoms. The largest absolute Gasteiger partial charge is 0.480 e. The molecule has 0 radical (unpaired) electrons. The highest BCUT2D eigenvalue weighted by Crippen LogP contribution is 2.29. The number of aliphatic hydroxyl groups is 1. The molecule has 108 valence electrons. The first-order chi connectivity index (χ1) is 9.42. The van der Waals surface area contributed by atoms with Crippen LogP contribution < -0.4 is 5.32 Å². The second kappa shape index (κ2) is 5.72. The Morgan fingerprint density at radius 1 is 1.50 bits per heavy atom. The number of rotatable bonds is 5. The molecule has 0 bridgehead atoms. The Morgan fingerprint density at radius 3 is 2.75 bits per heavy atom. The van der Waals surface area contributed by atoms with Gasteiger partial charge < -0.3 is 15.5 Å². The third-order valence-electron chi connectivity index (χ3n) is 2.94. The van der Waals surface area contributed by atoms with Crippen LogP contribution in [0, 0.1) is 6.92 Å². The van der Waals surface area contributed by atoms with Crippen LogP contribution in [0.2, 0.25) is 0 Å². The third-order valence-corrected chi connectivity index (χ3v) is 4.12. The normalized spacial score (nSPS) is 14.2. The van der Waals surface area contributed by atoms with Crippen molar-refractivity contribution in [3.8, 4) is 0 Å². The predicted octanol–water partition coefficient (Wildman–Crippen LogP) is 1.81. The van der Waals surface area contributed by atoms with Crippen molar-refractivity contribution in [3.63, 3.8) is 0 Å². The molecular weight excluding hydrogens is 278 g/mol. The van der Waals surface area contributed by atoms with E-state index in [1.165, 1.54) is 6.92 Å². The van der Waals surface area contributed by atoms with Gasteiger partial charge in [-0.2, -0.15) is 0 Å². The minimum atomic E-state index is -1.12. The lowest BCUT2D eigenvalue weighted by Gasteiger charge is -2.18. The summed E-state index contributed by atoms with van der Waals surface area (Å²) in [7, 11) is 0. The molecule has 2 rings (SSSR count). The Balaban J connectivity index is 2.47. The summed E-state index contributed by atoms with van der Waals surface area (Å²) < 4.78 is 0. The molecule has 0 spiro atoms. The van der Waals surface area contributed by atoms with Gasteiger partial charge in [-0.3, -0.25) is 0 Å². The maximum atomic E-state index is 11.2. The quantitative estimate of drug-likeness (QED) is 0.778. The SMILES string of the molecule is CCc1cc2c(N[C@H](C(=O)O)[C@H](C)O)nc(C)nc2s1. The molecule has 0 aliphatic rings. The molecule has 6 nitrogen and oxygen atoms in total. The van der Waals surface area contributed by atoms with E-state index in [0.717, 1.165) is 21.5 Å². The third kappa shape index (κ3) is 2.88. The number of aryl methyl sites for hydroxylation is 2. The number of nitrogens with one attached hydrogen (secondary N) is 1. The van der Waals surface area contributed by atoms with Crippen LogP contribution in [-0.4, -0.2) is 38.3 Å². The molecule has 0 aromatic carbocycles. The summed E-state index contributed by atoms with van der Waals surface area (Å²) in [5.74, 6) is -0.0913. The van der Waals surface area contributed by atoms with Crippen molar-refractivity contribution < 1.29 is 15.0 Å². The summed E-state index contributed by atoms with van der Waals surface area (Å²) >= 11 is 1.57. The second-order valence-corrected chi connectivity index (χ2v) is 5.72.